The van der Waals surface area contributed by atoms with Gasteiger partial charge in [0.2, 0.25) is 0 Å². The molecule has 0 aliphatic carbocycles. The van der Waals surface area contributed by atoms with E-state index in [1.54, 1.807) is 0 Å². The molecule has 4 N–H and O–H groups in total. The molecule has 1 rings (SSSR count). The lowest BCUT2D eigenvalue weighted by Gasteiger charge is -2.14. The van der Waals surface area contributed by atoms with Crippen molar-refractivity contribution in [3.8, 4) is 0 Å². The zero-order valence-electron chi connectivity index (χ0n) is 15.6. The van der Waals surface area contributed by atoms with Crippen molar-refractivity contribution in [3.63, 3.8) is 0 Å². The lowest BCUT2D eigenvalue weighted by Crippen LogP contribution is -2.20. The second-order valence-corrected chi connectivity index (χ2v) is 6.08. The van der Waals surface area contributed by atoms with E-state index >= 15 is 0 Å². The summed E-state index contributed by atoms with van der Waals surface area (Å²) in [6, 6.07) is 8.44. The molecule has 4 nitrogen and oxygen atoms in total. The molecule has 24 heavy (non-hydrogen) atoms. The average Bonchev–Trinajstić information content (AvgIpc) is 2.58. The molecule has 1 aromatic carbocycles. The van der Waals surface area contributed by atoms with E-state index in [4.69, 9.17) is 10.7 Å². The molecule has 0 fully saturated rings. The van der Waals surface area contributed by atoms with E-state index in [0.29, 0.717) is 0 Å². The fourth-order valence-corrected chi connectivity index (χ4v) is 2.38. The van der Waals surface area contributed by atoms with Crippen LogP contribution in [0.1, 0.15) is 37.8 Å². The van der Waals surface area contributed by atoms with Gasteiger partial charge in [-0.25, -0.2) is 4.99 Å². The summed E-state index contributed by atoms with van der Waals surface area (Å²) in [7, 11) is 1.88. The van der Waals surface area contributed by atoms with Crippen LogP contribution in [0.4, 0.5) is 0 Å². The maximum atomic E-state index is 5.56. The van der Waals surface area contributed by atoms with Crippen LogP contribution in [0.15, 0.2) is 52.9 Å². The Hall–Kier alpha value is -2.07. The van der Waals surface area contributed by atoms with Crippen LogP contribution < -0.4 is 16.4 Å². The molecule has 0 spiro atoms. The molecular weight excluding hydrogens is 296 g/mol. The zero-order chi connectivity index (χ0) is 17.9. The molecule has 0 heterocycles. The summed E-state index contributed by atoms with van der Waals surface area (Å²) in [5, 5.41) is 6.53. The zero-order valence-corrected chi connectivity index (χ0v) is 15.6. The third kappa shape index (κ3) is 6.59. The van der Waals surface area contributed by atoms with Crippen molar-refractivity contribution in [2.24, 2.45) is 10.7 Å². The van der Waals surface area contributed by atoms with Crippen LogP contribution in [0.5, 0.6) is 0 Å². The van der Waals surface area contributed by atoms with Gasteiger partial charge in [0.25, 0.3) is 0 Å². The van der Waals surface area contributed by atoms with Gasteiger partial charge in [-0.05, 0) is 51.3 Å². The molecule has 0 radical (unpaired) electrons. The molecule has 0 atom stereocenters. The standard InChI is InChI=1S/C20H32N4/c1-15-10-6-7-11-19(15)14-16(2)24-20(17(3)18(4)22-5)23-13-9-8-12-21/h6-7,10-11,22-23H,4,8-9,12-14,21H2,1-3,5H3/b20-17+,24-16+. The highest BCUT2D eigenvalue weighted by Crippen LogP contribution is 2.13. The van der Waals surface area contributed by atoms with Crippen molar-refractivity contribution in [2.45, 2.75) is 40.0 Å². The normalized spacial score (nSPS) is 12.6. The number of hydrogen-bond donors (Lipinski definition) is 3. The summed E-state index contributed by atoms with van der Waals surface area (Å²) in [4.78, 5) is 4.83. The molecule has 4 heteroatoms. The Morgan fingerprint density at radius 1 is 1.21 bits per heavy atom. The Labute approximate surface area is 146 Å². The summed E-state index contributed by atoms with van der Waals surface area (Å²) in [6.45, 7) is 11.9. The number of nitrogens with zero attached hydrogens (tertiary/aromatic N) is 1. The van der Waals surface area contributed by atoms with Gasteiger partial charge in [0, 0.05) is 37.0 Å². The monoisotopic (exact) mass is 328 g/mol. The fourth-order valence-electron chi connectivity index (χ4n) is 2.38. The highest BCUT2D eigenvalue weighted by molar-refractivity contribution is 5.85. The van der Waals surface area contributed by atoms with Gasteiger partial charge in [-0.1, -0.05) is 30.8 Å². The van der Waals surface area contributed by atoms with Crippen LogP contribution in [0.2, 0.25) is 0 Å². The van der Waals surface area contributed by atoms with Gasteiger partial charge in [0.05, 0.1) is 0 Å². The van der Waals surface area contributed by atoms with Crippen molar-refractivity contribution in [2.75, 3.05) is 20.1 Å². The first-order valence-corrected chi connectivity index (χ1v) is 8.60. The quantitative estimate of drug-likeness (QED) is 0.351. The maximum absolute atomic E-state index is 5.56. The van der Waals surface area contributed by atoms with Gasteiger partial charge < -0.3 is 16.4 Å². The molecule has 0 aromatic heterocycles. The van der Waals surface area contributed by atoms with Gasteiger partial charge in [-0.15, -0.1) is 0 Å². The first-order valence-electron chi connectivity index (χ1n) is 8.60. The first kappa shape index (κ1) is 20.0. The minimum absolute atomic E-state index is 0.721. The van der Waals surface area contributed by atoms with Gasteiger partial charge in [-0.3, -0.25) is 0 Å². The van der Waals surface area contributed by atoms with E-state index in [1.807, 2.05) is 14.0 Å². The van der Waals surface area contributed by atoms with E-state index in [1.165, 1.54) is 11.1 Å². The van der Waals surface area contributed by atoms with Crippen molar-refractivity contribution in [1.82, 2.24) is 10.6 Å². The fraction of sp³-hybridized carbons (Fsp3) is 0.450. The Morgan fingerprint density at radius 2 is 1.92 bits per heavy atom. The smallest absolute Gasteiger partial charge is 0.130 e. The Kier molecular flexibility index (Phi) is 8.87. The Morgan fingerprint density at radius 3 is 2.54 bits per heavy atom. The number of rotatable bonds is 10. The average molecular weight is 329 g/mol. The first-order chi connectivity index (χ1) is 11.5. The van der Waals surface area contributed by atoms with E-state index in [0.717, 1.165) is 55.2 Å². The largest absolute Gasteiger partial charge is 0.388 e. The van der Waals surface area contributed by atoms with Crippen LogP contribution >= 0.6 is 0 Å². The SMILES string of the molecule is C=C(NC)/C(C)=C(/N=C(\C)Cc1ccccc1C)NCCCCN. The number of aliphatic imine (C=N–C) groups is 1. The highest BCUT2D eigenvalue weighted by atomic mass is 15.0. The minimum atomic E-state index is 0.721. The van der Waals surface area contributed by atoms with Crippen LogP contribution in [0, 0.1) is 6.92 Å². The third-order valence-corrected chi connectivity index (χ3v) is 4.04. The molecule has 1 aromatic rings. The highest BCUT2D eigenvalue weighted by Gasteiger charge is 2.06. The molecule has 0 aliphatic rings. The number of unbranched alkanes of at least 4 members (excludes halogenated alkanes) is 1. The predicted octanol–water partition coefficient (Wildman–Crippen LogP) is 3.29. The van der Waals surface area contributed by atoms with Crippen LogP contribution in [0.3, 0.4) is 0 Å². The number of hydrogen-bond acceptors (Lipinski definition) is 4. The Balaban J connectivity index is 2.93. The second kappa shape index (κ2) is 10.7. The van der Waals surface area contributed by atoms with Gasteiger partial charge in [0.15, 0.2) is 0 Å². The van der Waals surface area contributed by atoms with E-state index < -0.39 is 0 Å². The lowest BCUT2D eigenvalue weighted by atomic mass is 10.0. The topological polar surface area (TPSA) is 62.4 Å². The predicted molar refractivity (Wildman–Crippen MR) is 105 cm³/mol. The number of nitrogens with one attached hydrogen (secondary N) is 2. The summed E-state index contributed by atoms with van der Waals surface area (Å²) in [6.07, 6.45) is 2.89. The third-order valence-electron chi connectivity index (χ3n) is 4.04. The molecule has 0 aliphatic heterocycles. The van der Waals surface area contributed by atoms with Gasteiger partial charge >= 0.3 is 0 Å². The molecular formula is C20H32N4. The summed E-state index contributed by atoms with van der Waals surface area (Å²) in [5.74, 6) is 0.887. The molecule has 0 saturated heterocycles. The van der Waals surface area contributed by atoms with Crippen molar-refractivity contribution >= 4 is 5.71 Å². The van der Waals surface area contributed by atoms with Gasteiger partial charge in [0.1, 0.15) is 5.82 Å². The van der Waals surface area contributed by atoms with Gasteiger partial charge in [-0.2, -0.15) is 0 Å². The van der Waals surface area contributed by atoms with Crippen LogP contribution in [0.25, 0.3) is 0 Å². The Bertz CT molecular complexity index is 599. The van der Waals surface area contributed by atoms with Crippen LogP contribution in [-0.4, -0.2) is 25.8 Å². The number of allylic oxidation sites excluding steroid dienone is 1. The van der Waals surface area contributed by atoms with Crippen LogP contribution in [-0.2, 0) is 6.42 Å². The van der Waals surface area contributed by atoms with Crippen molar-refractivity contribution < 1.29 is 0 Å². The summed E-state index contributed by atoms with van der Waals surface area (Å²) < 4.78 is 0. The molecule has 0 unspecified atom stereocenters. The van der Waals surface area contributed by atoms with E-state index in [2.05, 4.69) is 55.3 Å². The number of likely N-dealkylation sites (N-methyl/N-ethyl adjacent to an activating group) is 1. The number of benzene rings is 1. The molecule has 0 amide bonds. The van der Waals surface area contributed by atoms with Crippen molar-refractivity contribution in [1.29, 1.82) is 0 Å². The molecule has 0 bridgehead atoms. The molecule has 0 saturated carbocycles. The van der Waals surface area contributed by atoms with E-state index in [9.17, 15) is 0 Å². The molecule has 132 valence electrons. The minimum Gasteiger partial charge on any atom is -0.388 e. The van der Waals surface area contributed by atoms with Crippen molar-refractivity contribution in [3.05, 3.63) is 59.1 Å². The van der Waals surface area contributed by atoms with E-state index in [-0.39, 0.29) is 0 Å². The summed E-state index contributed by atoms with van der Waals surface area (Å²) >= 11 is 0. The maximum Gasteiger partial charge on any atom is 0.130 e. The summed E-state index contributed by atoms with van der Waals surface area (Å²) in [5.41, 5.74) is 11.2. The number of nitrogens with two attached hydrogens (primary N) is 1. The number of aryl methyl sites for hydroxylation is 1. The second-order valence-electron chi connectivity index (χ2n) is 6.08. The lowest BCUT2D eigenvalue weighted by molar-refractivity contribution is 0.676.